The molecule has 0 spiro atoms. The Balaban J connectivity index is 1.88. The van der Waals surface area contributed by atoms with Gasteiger partial charge in [-0.05, 0) is 31.9 Å². The van der Waals surface area contributed by atoms with Crippen LogP contribution in [0.15, 0.2) is 36.5 Å². The Morgan fingerprint density at radius 3 is 2.84 bits per heavy atom. The van der Waals surface area contributed by atoms with E-state index in [1.165, 1.54) is 0 Å². The minimum atomic E-state index is 0.246. The Kier molecular flexibility index (Phi) is 5.06. The first kappa shape index (κ1) is 13.7. The molecule has 0 bridgehead atoms. The van der Waals surface area contributed by atoms with Gasteiger partial charge in [0.1, 0.15) is 0 Å². The summed E-state index contributed by atoms with van der Waals surface area (Å²) < 4.78 is 0. The van der Waals surface area contributed by atoms with Crippen molar-refractivity contribution in [3.8, 4) is 5.69 Å². The van der Waals surface area contributed by atoms with Gasteiger partial charge in [-0.1, -0.05) is 18.2 Å². The first-order valence-corrected chi connectivity index (χ1v) is 6.60. The molecule has 0 aliphatic rings. The molecule has 0 saturated carbocycles. The highest BCUT2D eigenvalue weighted by atomic mass is 16.2. The first-order valence-electron chi connectivity index (χ1n) is 6.60. The molecular formula is C14H20N4O. The lowest BCUT2D eigenvalue weighted by Crippen LogP contribution is -2.25. The molecule has 0 aliphatic carbocycles. The highest BCUT2D eigenvalue weighted by Crippen LogP contribution is 2.04. The number of hydrogen-bond acceptors (Lipinski definition) is 4. The molecule has 19 heavy (non-hydrogen) atoms. The summed E-state index contributed by atoms with van der Waals surface area (Å²) in [4.78, 5) is 1.63. The number of hydrogen-bond donors (Lipinski definition) is 2. The maximum absolute atomic E-state index is 8.78. The van der Waals surface area contributed by atoms with E-state index in [1.807, 2.05) is 30.3 Å². The molecule has 0 radical (unpaired) electrons. The highest BCUT2D eigenvalue weighted by molar-refractivity contribution is 5.28. The fraction of sp³-hybridized carbons (Fsp3) is 0.429. The van der Waals surface area contributed by atoms with Gasteiger partial charge in [-0.3, -0.25) is 0 Å². The third-order valence-electron chi connectivity index (χ3n) is 2.95. The van der Waals surface area contributed by atoms with Crippen molar-refractivity contribution in [2.24, 2.45) is 0 Å². The largest absolute Gasteiger partial charge is 0.396 e. The number of para-hydroxylation sites is 1. The van der Waals surface area contributed by atoms with E-state index >= 15 is 0 Å². The van der Waals surface area contributed by atoms with Gasteiger partial charge in [0.05, 0.1) is 17.6 Å². The number of aliphatic hydroxyl groups is 1. The van der Waals surface area contributed by atoms with Crippen LogP contribution in [0.1, 0.15) is 25.5 Å². The quantitative estimate of drug-likeness (QED) is 0.792. The van der Waals surface area contributed by atoms with Crippen molar-refractivity contribution in [3.05, 3.63) is 42.2 Å². The number of benzene rings is 1. The van der Waals surface area contributed by atoms with Gasteiger partial charge < -0.3 is 10.4 Å². The zero-order valence-electron chi connectivity index (χ0n) is 11.2. The van der Waals surface area contributed by atoms with Gasteiger partial charge in [-0.25, -0.2) is 0 Å². The van der Waals surface area contributed by atoms with Gasteiger partial charge in [0.15, 0.2) is 0 Å². The van der Waals surface area contributed by atoms with E-state index in [0.717, 1.165) is 24.2 Å². The second-order valence-corrected chi connectivity index (χ2v) is 4.61. The summed E-state index contributed by atoms with van der Waals surface area (Å²) in [6.07, 6.45) is 3.56. The zero-order chi connectivity index (χ0) is 13.5. The molecule has 1 atom stereocenters. The molecule has 2 rings (SSSR count). The van der Waals surface area contributed by atoms with Crippen molar-refractivity contribution < 1.29 is 5.11 Å². The second-order valence-electron chi connectivity index (χ2n) is 4.61. The molecule has 5 nitrogen and oxygen atoms in total. The molecule has 2 aromatic rings. The van der Waals surface area contributed by atoms with Crippen LogP contribution >= 0.6 is 0 Å². The summed E-state index contributed by atoms with van der Waals surface area (Å²) in [6, 6.07) is 10.2. The van der Waals surface area contributed by atoms with Crippen LogP contribution in [0.3, 0.4) is 0 Å². The minimum absolute atomic E-state index is 0.246. The van der Waals surface area contributed by atoms with Crippen LogP contribution in [0.2, 0.25) is 0 Å². The lowest BCUT2D eigenvalue weighted by atomic mass is 10.2. The number of nitrogens with zero attached hydrogens (tertiary/aromatic N) is 3. The summed E-state index contributed by atoms with van der Waals surface area (Å²) >= 11 is 0. The molecule has 1 unspecified atom stereocenters. The maximum Gasteiger partial charge on any atom is 0.0969 e. The molecule has 5 heteroatoms. The first-order chi connectivity index (χ1) is 9.29. The maximum atomic E-state index is 8.78. The Morgan fingerprint density at radius 2 is 2.11 bits per heavy atom. The summed E-state index contributed by atoms with van der Waals surface area (Å²) in [5.74, 6) is 0. The Hall–Kier alpha value is -1.72. The Labute approximate surface area is 113 Å². The smallest absolute Gasteiger partial charge is 0.0969 e. The third-order valence-corrected chi connectivity index (χ3v) is 2.95. The monoisotopic (exact) mass is 260 g/mol. The molecule has 0 amide bonds. The van der Waals surface area contributed by atoms with Crippen molar-refractivity contribution in [1.82, 2.24) is 20.3 Å². The zero-order valence-corrected chi connectivity index (χ0v) is 11.2. The van der Waals surface area contributed by atoms with E-state index < -0.39 is 0 Å². The summed E-state index contributed by atoms with van der Waals surface area (Å²) in [6.45, 7) is 3.05. The average molecular weight is 260 g/mol. The number of rotatable bonds is 7. The van der Waals surface area contributed by atoms with E-state index in [4.69, 9.17) is 5.11 Å². The molecule has 102 valence electrons. The topological polar surface area (TPSA) is 63.0 Å². The fourth-order valence-electron chi connectivity index (χ4n) is 1.84. The van der Waals surface area contributed by atoms with E-state index in [1.54, 1.807) is 11.0 Å². The van der Waals surface area contributed by atoms with Gasteiger partial charge in [0.25, 0.3) is 0 Å². The van der Waals surface area contributed by atoms with Gasteiger partial charge in [0.2, 0.25) is 0 Å². The lowest BCUT2D eigenvalue weighted by molar-refractivity contribution is 0.276. The molecule has 0 saturated heterocycles. The van der Waals surface area contributed by atoms with Crippen LogP contribution in [0.25, 0.3) is 5.69 Å². The van der Waals surface area contributed by atoms with Gasteiger partial charge >= 0.3 is 0 Å². The molecule has 0 fully saturated rings. The minimum Gasteiger partial charge on any atom is -0.396 e. The highest BCUT2D eigenvalue weighted by Gasteiger charge is 2.05. The van der Waals surface area contributed by atoms with E-state index in [9.17, 15) is 0 Å². The number of aliphatic hydroxyl groups excluding tert-OH is 1. The van der Waals surface area contributed by atoms with Crippen molar-refractivity contribution in [1.29, 1.82) is 0 Å². The predicted molar refractivity (Wildman–Crippen MR) is 74.0 cm³/mol. The normalized spacial score (nSPS) is 12.5. The predicted octanol–water partition coefficient (Wildman–Crippen LogP) is 1.52. The standard InChI is InChI=1S/C14H20N4O/c1-12(6-5-9-19)15-10-13-11-16-18(17-13)14-7-3-2-4-8-14/h2-4,7-8,11-12,15,19H,5-6,9-10H2,1H3. The van der Waals surface area contributed by atoms with Crippen molar-refractivity contribution in [2.75, 3.05) is 6.61 Å². The molecule has 1 heterocycles. The van der Waals surface area contributed by atoms with Crippen LogP contribution in [-0.2, 0) is 6.54 Å². The van der Waals surface area contributed by atoms with Crippen LogP contribution in [0, 0.1) is 0 Å². The van der Waals surface area contributed by atoms with E-state index in [-0.39, 0.29) is 6.61 Å². The van der Waals surface area contributed by atoms with Gasteiger partial charge in [-0.15, -0.1) is 0 Å². The number of nitrogens with one attached hydrogen (secondary N) is 1. The molecular weight excluding hydrogens is 240 g/mol. The SMILES string of the molecule is CC(CCCO)NCc1cnn(-c2ccccc2)n1. The Morgan fingerprint density at radius 1 is 1.32 bits per heavy atom. The van der Waals surface area contributed by atoms with Gasteiger partial charge in [0, 0.05) is 19.2 Å². The average Bonchev–Trinajstić information content (AvgIpc) is 2.93. The molecule has 1 aromatic heterocycles. The molecule has 0 aliphatic heterocycles. The van der Waals surface area contributed by atoms with Crippen LogP contribution in [0.5, 0.6) is 0 Å². The fourth-order valence-corrected chi connectivity index (χ4v) is 1.84. The van der Waals surface area contributed by atoms with E-state index in [0.29, 0.717) is 12.6 Å². The van der Waals surface area contributed by atoms with Crippen LogP contribution < -0.4 is 5.32 Å². The molecule has 2 N–H and O–H groups in total. The number of aromatic nitrogens is 3. The summed E-state index contributed by atoms with van der Waals surface area (Å²) in [5, 5.41) is 20.8. The third kappa shape index (κ3) is 4.15. The van der Waals surface area contributed by atoms with Gasteiger partial charge in [-0.2, -0.15) is 15.0 Å². The summed E-state index contributed by atoms with van der Waals surface area (Å²) in [7, 11) is 0. The Bertz CT molecular complexity index is 483. The lowest BCUT2D eigenvalue weighted by Gasteiger charge is -2.11. The molecule has 1 aromatic carbocycles. The van der Waals surface area contributed by atoms with Crippen LogP contribution in [0.4, 0.5) is 0 Å². The van der Waals surface area contributed by atoms with E-state index in [2.05, 4.69) is 22.4 Å². The van der Waals surface area contributed by atoms with Crippen molar-refractivity contribution in [2.45, 2.75) is 32.4 Å². The van der Waals surface area contributed by atoms with Crippen LogP contribution in [-0.4, -0.2) is 32.7 Å². The van der Waals surface area contributed by atoms with Crippen molar-refractivity contribution >= 4 is 0 Å². The second kappa shape index (κ2) is 7.01. The van der Waals surface area contributed by atoms with Crippen molar-refractivity contribution in [3.63, 3.8) is 0 Å². The summed E-state index contributed by atoms with van der Waals surface area (Å²) in [5.41, 5.74) is 1.88.